The fourth-order valence-corrected chi connectivity index (χ4v) is 5.42. The third kappa shape index (κ3) is 4.32. The molecular weight excluding hydrogens is 449 g/mol. The zero-order valence-electron chi connectivity index (χ0n) is 19.9. The molecule has 0 fully saturated rings. The Morgan fingerprint density at radius 3 is 2.26 bits per heavy atom. The number of rotatable bonds is 7. The zero-order chi connectivity index (χ0) is 24.5. The fraction of sp³-hybridized carbons (Fsp3) is 0.222. The summed E-state index contributed by atoms with van der Waals surface area (Å²) in [6.45, 7) is 5.71. The zero-order valence-corrected chi connectivity index (χ0v) is 20.8. The minimum Gasteiger partial charge on any atom is -0.455 e. The number of fused-ring (bicyclic) bond motifs is 1. The second-order valence-electron chi connectivity index (χ2n) is 8.23. The molecule has 1 N–H and O–H groups in total. The molecule has 1 unspecified atom stereocenters. The summed E-state index contributed by atoms with van der Waals surface area (Å²) in [7, 11) is -0.751. The van der Waals surface area contributed by atoms with Gasteiger partial charge in [-0.25, -0.2) is 0 Å². The molecule has 0 amide bonds. The monoisotopic (exact) mass is 477 g/mol. The van der Waals surface area contributed by atoms with Crippen molar-refractivity contribution in [3.05, 3.63) is 93.6 Å². The molecule has 1 atom stereocenters. The fourth-order valence-electron chi connectivity index (χ4n) is 4.17. The quantitative estimate of drug-likeness (QED) is 0.312. The minimum atomic E-state index is -3.47. The van der Waals surface area contributed by atoms with Gasteiger partial charge >= 0.3 is 7.60 Å². The highest BCUT2D eigenvalue weighted by Gasteiger charge is 2.28. The molecule has 7 heteroatoms. The van der Waals surface area contributed by atoms with Gasteiger partial charge in [0.25, 0.3) is 0 Å². The number of anilines is 1. The molecule has 0 saturated carbocycles. The van der Waals surface area contributed by atoms with Crippen molar-refractivity contribution in [1.29, 1.82) is 0 Å². The van der Waals surface area contributed by atoms with Gasteiger partial charge in [0.15, 0.2) is 5.43 Å². The van der Waals surface area contributed by atoms with Crippen molar-refractivity contribution in [3.63, 3.8) is 0 Å². The molecule has 0 saturated heterocycles. The van der Waals surface area contributed by atoms with Crippen LogP contribution in [-0.4, -0.2) is 14.2 Å². The van der Waals surface area contributed by atoms with Gasteiger partial charge in [0, 0.05) is 30.9 Å². The molecular formula is C27H28NO5P. The number of benzene rings is 3. The Morgan fingerprint density at radius 1 is 0.941 bits per heavy atom. The molecule has 0 spiro atoms. The van der Waals surface area contributed by atoms with Crippen LogP contribution in [0.25, 0.3) is 22.3 Å². The van der Waals surface area contributed by atoms with Crippen LogP contribution in [0.2, 0.25) is 0 Å². The van der Waals surface area contributed by atoms with Gasteiger partial charge in [-0.2, -0.15) is 0 Å². The average Bonchev–Trinajstić information content (AvgIpc) is 2.86. The number of aryl methyl sites for hydroxylation is 1. The lowest BCUT2D eigenvalue weighted by molar-refractivity contribution is 0.287. The van der Waals surface area contributed by atoms with Gasteiger partial charge in [0.1, 0.15) is 11.3 Å². The van der Waals surface area contributed by atoms with E-state index in [2.05, 4.69) is 5.32 Å². The highest BCUT2D eigenvalue weighted by atomic mass is 31.2. The van der Waals surface area contributed by atoms with Crippen LogP contribution in [0.5, 0.6) is 0 Å². The van der Waals surface area contributed by atoms with Crippen molar-refractivity contribution in [2.75, 3.05) is 19.5 Å². The van der Waals surface area contributed by atoms with Crippen LogP contribution in [0.1, 0.15) is 29.7 Å². The van der Waals surface area contributed by atoms with Crippen molar-refractivity contribution in [3.8, 4) is 11.3 Å². The van der Waals surface area contributed by atoms with Gasteiger partial charge in [-0.3, -0.25) is 9.36 Å². The lowest BCUT2D eigenvalue weighted by Gasteiger charge is -2.22. The molecule has 0 aliphatic rings. The van der Waals surface area contributed by atoms with Crippen LogP contribution in [0.4, 0.5) is 5.69 Å². The molecule has 4 aromatic rings. The molecule has 0 aliphatic carbocycles. The van der Waals surface area contributed by atoms with E-state index in [-0.39, 0.29) is 11.5 Å². The number of nitrogens with one attached hydrogen (secondary N) is 1. The minimum absolute atomic E-state index is 0.0547. The van der Waals surface area contributed by atoms with E-state index in [1.54, 1.807) is 19.1 Å². The summed E-state index contributed by atoms with van der Waals surface area (Å²) in [5, 5.41) is 4.39. The van der Waals surface area contributed by atoms with Crippen LogP contribution < -0.4 is 16.1 Å². The smallest absolute Gasteiger partial charge is 0.362 e. The molecule has 0 aliphatic heterocycles. The normalized spacial score (nSPS) is 12.6. The van der Waals surface area contributed by atoms with E-state index in [9.17, 15) is 9.36 Å². The second-order valence-corrected chi connectivity index (χ2v) is 10.4. The van der Waals surface area contributed by atoms with E-state index in [1.807, 2.05) is 68.4 Å². The third-order valence-electron chi connectivity index (χ3n) is 5.95. The highest BCUT2D eigenvalue weighted by Crippen LogP contribution is 2.47. The Labute approximate surface area is 199 Å². The molecule has 34 heavy (non-hydrogen) atoms. The first kappa shape index (κ1) is 24.0. The number of hydrogen-bond donors (Lipinski definition) is 1. The van der Waals surface area contributed by atoms with Crippen molar-refractivity contribution in [2.24, 2.45) is 0 Å². The average molecular weight is 477 g/mol. The lowest BCUT2D eigenvalue weighted by atomic mass is 9.99. The Bertz CT molecular complexity index is 1440. The summed E-state index contributed by atoms with van der Waals surface area (Å²) in [6, 6.07) is 20.4. The summed E-state index contributed by atoms with van der Waals surface area (Å²) >= 11 is 0. The topological polar surface area (TPSA) is 77.8 Å². The maximum absolute atomic E-state index is 13.3. The Morgan fingerprint density at radius 2 is 1.59 bits per heavy atom. The van der Waals surface area contributed by atoms with Gasteiger partial charge in [-0.15, -0.1) is 0 Å². The lowest BCUT2D eigenvalue weighted by Crippen LogP contribution is -2.18. The predicted octanol–water partition coefficient (Wildman–Crippen LogP) is 6.36. The van der Waals surface area contributed by atoms with Crippen LogP contribution in [0.3, 0.4) is 0 Å². The first-order valence-corrected chi connectivity index (χ1v) is 12.5. The molecule has 176 valence electrons. The molecule has 6 nitrogen and oxygen atoms in total. The number of hydrogen-bond acceptors (Lipinski definition) is 6. The van der Waals surface area contributed by atoms with Crippen LogP contribution in [0.15, 0.2) is 75.9 Å². The molecule has 0 bridgehead atoms. The SMILES string of the molecule is COP(=O)(OC)c1ccccc1NC(C)c1cc(C)cc2c(=O)c(C)c(-c3ccccc3)oc12. The maximum atomic E-state index is 13.3. The Kier molecular flexibility index (Phi) is 6.76. The van der Waals surface area contributed by atoms with E-state index in [4.69, 9.17) is 13.5 Å². The van der Waals surface area contributed by atoms with Crippen LogP contribution in [-0.2, 0) is 13.6 Å². The van der Waals surface area contributed by atoms with E-state index in [0.29, 0.717) is 33.3 Å². The highest BCUT2D eigenvalue weighted by molar-refractivity contribution is 7.62. The van der Waals surface area contributed by atoms with E-state index in [0.717, 1.165) is 16.7 Å². The summed E-state index contributed by atoms with van der Waals surface area (Å²) in [4.78, 5) is 13.3. The van der Waals surface area contributed by atoms with Crippen molar-refractivity contribution < 1.29 is 18.0 Å². The third-order valence-corrected chi connectivity index (χ3v) is 7.89. The Hall–Kier alpha value is -3.18. The summed E-state index contributed by atoms with van der Waals surface area (Å²) in [5.74, 6) is 0.555. The molecule has 4 rings (SSSR count). The first-order chi connectivity index (χ1) is 16.3. The van der Waals surface area contributed by atoms with E-state index >= 15 is 0 Å². The van der Waals surface area contributed by atoms with Gasteiger partial charge in [-0.05, 0) is 44.5 Å². The number of para-hydroxylation sites is 1. The summed E-state index contributed by atoms with van der Waals surface area (Å²) in [5.41, 5.74) is 4.28. The van der Waals surface area contributed by atoms with E-state index < -0.39 is 7.60 Å². The summed E-state index contributed by atoms with van der Waals surface area (Å²) in [6.07, 6.45) is 0. The van der Waals surface area contributed by atoms with Gasteiger partial charge in [-0.1, -0.05) is 48.5 Å². The standard InChI is InChI=1S/C27H28NO5P/c1-17-15-21(19(3)28-23-13-9-10-14-24(23)34(30,31-4)32-5)27-22(16-17)25(29)18(2)26(33-27)20-11-7-6-8-12-20/h6-16,19,28H,1-5H3. The van der Waals surface area contributed by atoms with Crippen molar-refractivity contribution >= 4 is 29.6 Å². The second kappa shape index (κ2) is 9.59. The van der Waals surface area contributed by atoms with Crippen molar-refractivity contribution in [2.45, 2.75) is 26.8 Å². The van der Waals surface area contributed by atoms with Crippen LogP contribution in [0, 0.1) is 13.8 Å². The van der Waals surface area contributed by atoms with Gasteiger partial charge in [0.05, 0.1) is 22.4 Å². The van der Waals surface area contributed by atoms with Crippen molar-refractivity contribution in [1.82, 2.24) is 0 Å². The van der Waals surface area contributed by atoms with Gasteiger partial charge in [0.2, 0.25) is 0 Å². The molecule has 1 aromatic heterocycles. The molecule has 0 radical (unpaired) electrons. The van der Waals surface area contributed by atoms with Crippen LogP contribution >= 0.6 is 7.60 Å². The Balaban J connectivity index is 1.87. The first-order valence-electron chi connectivity index (χ1n) is 11.0. The molecule has 3 aromatic carbocycles. The van der Waals surface area contributed by atoms with Gasteiger partial charge < -0.3 is 18.8 Å². The predicted molar refractivity (Wildman–Crippen MR) is 137 cm³/mol. The molecule has 1 heterocycles. The largest absolute Gasteiger partial charge is 0.455 e. The summed E-state index contributed by atoms with van der Waals surface area (Å²) < 4.78 is 29.9. The maximum Gasteiger partial charge on any atom is 0.362 e. The van der Waals surface area contributed by atoms with E-state index in [1.165, 1.54) is 14.2 Å².